The minimum atomic E-state index is -1.07. The van der Waals surface area contributed by atoms with Crippen molar-refractivity contribution in [1.29, 1.82) is 0 Å². The first-order chi connectivity index (χ1) is 8.90. The molecule has 0 spiro atoms. The van der Waals surface area contributed by atoms with Gasteiger partial charge in [-0.3, -0.25) is 4.79 Å². The van der Waals surface area contributed by atoms with E-state index in [1.54, 1.807) is 12.1 Å². The van der Waals surface area contributed by atoms with Crippen LogP contribution in [0.15, 0.2) is 24.3 Å². The second kappa shape index (κ2) is 4.97. The molecule has 1 N–H and O–H groups in total. The lowest BCUT2D eigenvalue weighted by molar-refractivity contribution is -0.141. The molecule has 1 aromatic carbocycles. The lowest BCUT2D eigenvalue weighted by Crippen LogP contribution is -2.39. The summed E-state index contributed by atoms with van der Waals surface area (Å²) in [6.45, 7) is 1.44. The van der Waals surface area contributed by atoms with Crippen LogP contribution in [0.2, 0.25) is 0 Å². The molecule has 6 heteroatoms. The number of amides is 1. The number of thiophene rings is 1. The topological polar surface area (TPSA) is 57.6 Å². The van der Waals surface area contributed by atoms with Crippen LogP contribution in [0.25, 0.3) is 10.1 Å². The van der Waals surface area contributed by atoms with E-state index < -0.39 is 12.0 Å². The third-order valence-electron chi connectivity index (χ3n) is 2.95. The highest BCUT2D eigenvalue weighted by Crippen LogP contribution is 2.27. The number of aliphatic carboxylic acids is 1. The summed E-state index contributed by atoms with van der Waals surface area (Å²) in [5.74, 6) is -1.81. The summed E-state index contributed by atoms with van der Waals surface area (Å²) in [6, 6.07) is 5.02. The maximum atomic E-state index is 13.1. The molecule has 0 fully saturated rings. The number of benzene rings is 1. The van der Waals surface area contributed by atoms with Gasteiger partial charge in [-0.25, -0.2) is 9.18 Å². The van der Waals surface area contributed by atoms with E-state index in [0.717, 1.165) is 21.6 Å². The molecule has 0 aliphatic carbocycles. The number of hydrogen-bond acceptors (Lipinski definition) is 3. The zero-order chi connectivity index (χ0) is 14.2. The fourth-order valence-electron chi connectivity index (χ4n) is 1.63. The molecule has 2 aromatic rings. The second-order valence-corrected chi connectivity index (χ2v) is 5.31. The molecule has 1 aromatic heterocycles. The van der Waals surface area contributed by atoms with Crippen LogP contribution >= 0.6 is 11.3 Å². The Morgan fingerprint density at radius 1 is 1.37 bits per heavy atom. The molecule has 0 aliphatic heterocycles. The van der Waals surface area contributed by atoms with Gasteiger partial charge in [-0.15, -0.1) is 11.3 Å². The first kappa shape index (κ1) is 13.5. The predicted molar refractivity (Wildman–Crippen MR) is 71.0 cm³/mol. The fraction of sp³-hybridized carbons (Fsp3) is 0.231. The minimum absolute atomic E-state index is 0.361. The molecular formula is C13H12FNO3S. The Morgan fingerprint density at radius 2 is 2.05 bits per heavy atom. The lowest BCUT2D eigenvalue weighted by atomic mass is 10.2. The maximum Gasteiger partial charge on any atom is 0.326 e. The minimum Gasteiger partial charge on any atom is -0.480 e. The first-order valence-corrected chi connectivity index (χ1v) is 6.41. The van der Waals surface area contributed by atoms with Crippen molar-refractivity contribution in [3.8, 4) is 0 Å². The molecule has 0 saturated carbocycles. The largest absolute Gasteiger partial charge is 0.480 e. The zero-order valence-electron chi connectivity index (χ0n) is 10.4. The van der Waals surface area contributed by atoms with Crippen LogP contribution in [0, 0.1) is 5.82 Å². The van der Waals surface area contributed by atoms with Gasteiger partial charge in [-0.2, -0.15) is 0 Å². The van der Waals surface area contributed by atoms with Crippen molar-refractivity contribution in [3.63, 3.8) is 0 Å². The first-order valence-electron chi connectivity index (χ1n) is 5.59. The van der Waals surface area contributed by atoms with E-state index in [0.29, 0.717) is 9.58 Å². The van der Waals surface area contributed by atoms with Gasteiger partial charge in [-0.1, -0.05) is 6.07 Å². The number of carboxylic acid groups (broad SMARTS) is 1. The molecular weight excluding hydrogens is 269 g/mol. The third-order valence-corrected chi connectivity index (χ3v) is 4.04. The number of fused-ring (bicyclic) bond motifs is 1. The summed E-state index contributed by atoms with van der Waals surface area (Å²) in [7, 11) is 1.44. The molecule has 1 heterocycles. The van der Waals surface area contributed by atoms with Gasteiger partial charge in [0.1, 0.15) is 11.9 Å². The lowest BCUT2D eigenvalue weighted by Gasteiger charge is -2.20. The van der Waals surface area contributed by atoms with E-state index in [1.807, 2.05) is 0 Å². The highest BCUT2D eigenvalue weighted by Gasteiger charge is 2.24. The number of carbonyl (C=O) groups is 2. The molecule has 0 saturated heterocycles. The van der Waals surface area contributed by atoms with Gasteiger partial charge >= 0.3 is 5.97 Å². The smallest absolute Gasteiger partial charge is 0.326 e. The molecule has 1 amide bonds. The van der Waals surface area contributed by atoms with E-state index >= 15 is 0 Å². The Kier molecular flexibility index (Phi) is 3.53. The molecule has 1 atom stereocenters. The molecule has 100 valence electrons. The van der Waals surface area contributed by atoms with Gasteiger partial charge in [0, 0.05) is 11.7 Å². The van der Waals surface area contributed by atoms with E-state index in [-0.39, 0.29) is 11.7 Å². The molecule has 1 unspecified atom stereocenters. The van der Waals surface area contributed by atoms with Gasteiger partial charge < -0.3 is 10.0 Å². The average Bonchev–Trinajstić information content (AvgIpc) is 2.78. The molecule has 4 nitrogen and oxygen atoms in total. The van der Waals surface area contributed by atoms with E-state index in [4.69, 9.17) is 5.11 Å². The molecule has 0 radical (unpaired) electrons. The van der Waals surface area contributed by atoms with Gasteiger partial charge in [0.25, 0.3) is 5.91 Å². The van der Waals surface area contributed by atoms with Crippen molar-refractivity contribution >= 4 is 33.3 Å². The molecule has 0 aliphatic rings. The Labute approximate surface area is 113 Å². The normalized spacial score (nSPS) is 12.4. The zero-order valence-corrected chi connectivity index (χ0v) is 11.2. The Balaban J connectivity index is 2.33. The number of hydrogen-bond donors (Lipinski definition) is 1. The molecule has 0 bridgehead atoms. The third kappa shape index (κ3) is 2.58. The van der Waals surface area contributed by atoms with E-state index in [9.17, 15) is 14.0 Å². The quantitative estimate of drug-likeness (QED) is 0.940. The fourth-order valence-corrected chi connectivity index (χ4v) is 2.70. The summed E-state index contributed by atoms with van der Waals surface area (Å²) < 4.78 is 13.7. The Morgan fingerprint density at radius 3 is 2.68 bits per heavy atom. The van der Waals surface area contributed by atoms with Crippen molar-refractivity contribution < 1.29 is 19.1 Å². The molecule has 19 heavy (non-hydrogen) atoms. The van der Waals surface area contributed by atoms with Gasteiger partial charge in [-0.05, 0) is 30.5 Å². The SMILES string of the molecule is CC(C(=O)O)N(C)C(=O)c1cc2ccc(F)cc2s1. The van der Waals surface area contributed by atoms with Crippen molar-refractivity contribution in [2.75, 3.05) is 7.05 Å². The van der Waals surface area contributed by atoms with Crippen LogP contribution in [-0.2, 0) is 4.79 Å². The van der Waals surface area contributed by atoms with Crippen molar-refractivity contribution in [2.24, 2.45) is 0 Å². The Hall–Kier alpha value is -1.95. The van der Waals surface area contributed by atoms with Crippen LogP contribution in [0.3, 0.4) is 0 Å². The van der Waals surface area contributed by atoms with E-state index in [1.165, 1.54) is 26.1 Å². The van der Waals surface area contributed by atoms with Gasteiger partial charge in [0.2, 0.25) is 0 Å². The number of likely N-dealkylation sites (N-methyl/N-ethyl adjacent to an activating group) is 1. The Bertz CT molecular complexity index is 652. The van der Waals surface area contributed by atoms with Crippen LogP contribution < -0.4 is 0 Å². The summed E-state index contributed by atoms with van der Waals surface area (Å²) in [4.78, 5) is 24.5. The maximum absolute atomic E-state index is 13.1. The summed E-state index contributed by atoms with van der Waals surface area (Å²) in [6.07, 6.45) is 0. The molecule has 2 rings (SSSR count). The van der Waals surface area contributed by atoms with Crippen LogP contribution in [0.4, 0.5) is 4.39 Å². The number of halogens is 1. The summed E-state index contributed by atoms with van der Waals surface area (Å²) in [5.41, 5.74) is 0. The summed E-state index contributed by atoms with van der Waals surface area (Å²) >= 11 is 1.15. The number of nitrogens with zero attached hydrogens (tertiary/aromatic N) is 1. The monoisotopic (exact) mass is 281 g/mol. The van der Waals surface area contributed by atoms with Crippen LogP contribution in [-0.4, -0.2) is 35.0 Å². The number of rotatable bonds is 3. The van der Waals surface area contributed by atoms with Gasteiger partial charge in [0.15, 0.2) is 0 Å². The predicted octanol–water partition coefficient (Wildman–Crippen LogP) is 2.59. The van der Waals surface area contributed by atoms with Crippen LogP contribution in [0.5, 0.6) is 0 Å². The average molecular weight is 281 g/mol. The summed E-state index contributed by atoms with van der Waals surface area (Å²) in [5, 5.41) is 9.65. The van der Waals surface area contributed by atoms with Crippen molar-refractivity contribution in [2.45, 2.75) is 13.0 Å². The second-order valence-electron chi connectivity index (χ2n) is 4.22. The van der Waals surface area contributed by atoms with Gasteiger partial charge in [0.05, 0.1) is 4.88 Å². The standard InChI is InChI=1S/C13H12FNO3S/c1-7(13(17)18)15(2)12(16)11-5-8-3-4-9(14)6-10(8)19-11/h3-7H,1-2H3,(H,17,18). The number of carboxylic acids is 1. The highest BCUT2D eigenvalue weighted by atomic mass is 32.1. The van der Waals surface area contributed by atoms with Crippen molar-refractivity contribution in [3.05, 3.63) is 35.0 Å². The van der Waals surface area contributed by atoms with Crippen molar-refractivity contribution in [1.82, 2.24) is 4.90 Å². The van der Waals surface area contributed by atoms with E-state index in [2.05, 4.69) is 0 Å². The van der Waals surface area contributed by atoms with Crippen LogP contribution in [0.1, 0.15) is 16.6 Å². The number of carbonyl (C=O) groups excluding carboxylic acids is 1. The highest BCUT2D eigenvalue weighted by molar-refractivity contribution is 7.20.